The van der Waals surface area contributed by atoms with E-state index in [0.717, 1.165) is 32.2 Å². The Kier molecular flexibility index (Phi) is 5.02. The zero-order valence-electron chi connectivity index (χ0n) is 13.9. The molecule has 23 heavy (non-hydrogen) atoms. The van der Waals surface area contributed by atoms with Crippen LogP contribution in [0.3, 0.4) is 0 Å². The van der Waals surface area contributed by atoms with Gasteiger partial charge in [-0.05, 0) is 12.8 Å². The number of ether oxygens (including phenoxy) is 1. The molecule has 0 unspecified atom stereocenters. The Morgan fingerprint density at radius 2 is 2.22 bits per heavy atom. The van der Waals surface area contributed by atoms with Crippen LogP contribution in [0.2, 0.25) is 0 Å². The highest BCUT2D eigenvalue weighted by atomic mass is 16.5. The second-order valence-electron chi connectivity index (χ2n) is 5.91. The first-order chi connectivity index (χ1) is 11.2. The molecule has 1 saturated heterocycles. The molecule has 1 aliphatic rings. The lowest BCUT2D eigenvalue weighted by atomic mass is 10.2. The van der Waals surface area contributed by atoms with Crippen molar-refractivity contribution in [2.45, 2.75) is 58.2 Å². The Balaban J connectivity index is 1.70. The Bertz CT molecular complexity index is 626. The van der Waals surface area contributed by atoms with E-state index < -0.39 is 0 Å². The summed E-state index contributed by atoms with van der Waals surface area (Å²) >= 11 is 0. The van der Waals surface area contributed by atoms with Crippen molar-refractivity contribution in [3.05, 3.63) is 23.5 Å². The lowest BCUT2D eigenvalue weighted by Gasteiger charge is -2.19. The van der Waals surface area contributed by atoms with Crippen molar-refractivity contribution in [1.29, 1.82) is 0 Å². The molecule has 3 rings (SSSR count). The van der Waals surface area contributed by atoms with Crippen LogP contribution >= 0.6 is 0 Å². The highest BCUT2D eigenvalue weighted by molar-refractivity contribution is 4.99. The van der Waals surface area contributed by atoms with E-state index in [1.54, 1.807) is 14.0 Å². The number of aryl methyl sites for hydroxylation is 2. The van der Waals surface area contributed by atoms with Crippen LogP contribution < -0.4 is 0 Å². The third-order valence-corrected chi connectivity index (χ3v) is 4.12. The predicted octanol–water partition coefficient (Wildman–Crippen LogP) is 2.07. The van der Waals surface area contributed by atoms with Crippen LogP contribution in [0.25, 0.3) is 0 Å². The van der Waals surface area contributed by atoms with Crippen molar-refractivity contribution in [3.8, 4) is 0 Å². The van der Waals surface area contributed by atoms with E-state index in [0.29, 0.717) is 30.0 Å². The topological polar surface area (TPSA) is 90.3 Å². The summed E-state index contributed by atoms with van der Waals surface area (Å²) < 4.78 is 16.4. The van der Waals surface area contributed by atoms with Gasteiger partial charge in [-0.2, -0.15) is 4.98 Å². The number of aromatic nitrogens is 4. The molecule has 8 heteroatoms. The molecule has 0 saturated carbocycles. The van der Waals surface area contributed by atoms with Gasteiger partial charge in [-0.25, -0.2) is 0 Å². The summed E-state index contributed by atoms with van der Waals surface area (Å²) in [6.45, 7) is 5.30. The minimum absolute atomic E-state index is 0.0266. The number of unbranched alkanes of at least 4 members (excludes halogenated alkanes) is 1. The first-order valence-corrected chi connectivity index (χ1v) is 8.08. The fraction of sp³-hybridized carbons (Fsp3) is 0.733. The van der Waals surface area contributed by atoms with Gasteiger partial charge in [-0.3, -0.25) is 4.90 Å². The number of hydrogen-bond acceptors (Lipinski definition) is 8. The Morgan fingerprint density at radius 1 is 1.35 bits per heavy atom. The van der Waals surface area contributed by atoms with Gasteiger partial charge < -0.3 is 13.7 Å². The van der Waals surface area contributed by atoms with E-state index in [2.05, 4.69) is 32.2 Å². The lowest BCUT2D eigenvalue weighted by Crippen LogP contribution is -2.25. The summed E-state index contributed by atoms with van der Waals surface area (Å²) in [5.41, 5.74) is 0. The highest BCUT2D eigenvalue weighted by Crippen LogP contribution is 2.33. The summed E-state index contributed by atoms with van der Waals surface area (Å²) in [5, 5.41) is 12.2. The predicted molar refractivity (Wildman–Crippen MR) is 80.5 cm³/mol. The van der Waals surface area contributed by atoms with E-state index in [1.807, 2.05) is 0 Å². The summed E-state index contributed by atoms with van der Waals surface area (Å²) in [4.78, 5) is 6.67. The van der Waals surface area contributed by atoms with Crippen LogP contribution in [0.15, 0.2) is 8.94 Å². The third kappa shape index (κ3) is 3.76. The molecule has 0 amide bonds. The quantitative estimate of drug-likeness (QED) is 0.765. The lowest BCUT2D eigenvalue weighted by molar-refractivity contribution is 0.106. The molecule has 126 valence electrons. The summed E-state index contributed by atoms with van der Waals surface area (Å²) in [5.74, 6) is 2.59. The standard InChI is InChI=1S/C15H23N5O3/c1-4-5-6-14-16-13(19-23-14)9-20-8-11(21-3)7-12(20)15-18-17-10(2)22-15/h11-12H,4-9H2,1-3H3/t11-,12-/m1/s1. The van der Waals surface area contributed by atoms with Gasteiger partial charge in [0, 0.05) is 27.0 Å². The van der Waals surface area contributed by atoms with E-state index in [-0.39, 0.29) is 12.1 Å². The first-order valence-electron chi connectivity index (χ1n) is 8.08. The van der Waals surface area contributed by atoms with Crippen molar-refractivity contribution in [1.82, 2.24) is 25.2 Å². The average Bonchev–Trinajstić information content (AvgIpc) is 3.25. The maximum Gasteiger partial charge on any atom is 0.233 e. The number of nitrogens with zero attached hydrogens (tertiary/aromatic N) is 5. The monoisotopic (exact) mass is 321 g/mol. The van der Waals surface area contributed by atoms with Gasteiger partial charge >= 0.3 is 0 Å². The van der Waals surface area contributed by atoms with Gasteiger partial charge in [0.1, 0.15) is 0 Å². The van der Waals surface area contributed by atoms with Crippen LogP contribution in [0.4, 0.5) is 0 Å². The number of rotatable bonds is 7. The molecule has 0 aromatic carbocycles. The van der Waals surface area contributed by atoms with Gasteiger partial charge in [0.2, 0.25) is 17.7 Å². The molecule has 0 aliphatic carbocycles. The summed E-state index contributed by atoms with van der Waals surface area (Å²) in [6, 6.07) is 0.0266. The molecule has 2 aromatic heterocycles. The average molecular weight is 321 g/mol. The molecule has 0 bridgehead atoms. The van der Waals surface area contributed by atoms with Gasteiger partial charge in [0.15, 0.2) is 5.82 Å². The third-order valence-electron chi connectivity index (χ3n) is 4.12. The van der Waals surface area contributed by atoms with Crippen molar-refractivity contribution in [2.24, 2.45) is 0 Å². The van der Waals surface area contributed by atoms with Crippen molar-refractivity contribution in [2.75, 3.05) is 13.7 Å². The van der Waals surface area contributed by atoms with Crippen LogP contribution in [-0.4, -0.2) is 45.0 Å². The highest BCUT2D eigenvalue weighted by Gasteiger charge is 2.37. The molecule has 1 aliphatic heterocycles. The zero-order valence-corrected chi connectivity index (χ0v) is 13.9. The first kappa shape index (κ1) is 16.1. The van der Waals surface area contributed by atoms with Crippen LogP contribution in [0, 0.1) is 6.92 Å². The van der Waals surface area contributed by atoms with E-state index in [1.165, 1.54) is 0 Å². The molecule has 0 radical (unpaired) electrons. The van der Waals surface area contributed by atoms with E-state index in [9.17, 15) is 0 Å². The largest absolute Gasteiger partial charge is 0.424 e. The van der Waals surface area contributed by atoms with E-state index in [4.69, 9.17) is 13.7 Å². The van der Waals surface area contributed by atoms with Crippen molar-refractivity contribution < 1.29 is 13.7 Å². The second kappa shape index (κ2) is 7.18. The zero-order chi connectivity index (χ0) is 16.2. The minimum atomic E-state index is 0.0266. The Hall–Kier alpha value is -1.80. The summed E-state index contributed by atoms with van der Waals surface area (Å²) in [7, 11) is 1.72. The van der Waals surface area contributed by atoms with Gasteiger partial charge in [0.05, 0.1) is 18.7 Å². The number of methoxy groups -OCH3 is 1. The number of hydrogen-bond donors (Lipinski definition) is 0. The molecular formula is C15H23N5O3. The van der Waals surface area contributed by atoms with E-state index >= 15 is 0 Å². The van der Waals surface area contributed by atoms with Gasteiger partial charge in [-0.15, -0.1) is 10.2 Å². The van der Waals surface area contributed by atoms with Gasteiger partial charge in [-0.1, -0.05) is 18.5 Å². The van der Waals surface area contributed by atoms with Crippen LogP contribution in [-0.2, 0) is 17.7 Å². The van der Waals surface area contributed by atoms with Crippen molar-refractivity contribution >= 4 is 0 Å². The molecule has 0 spiro atoms. The normalized spacial score (nSPS) is 22.0. The molecule has 2 atom stereocenters. The molecule has 2 aromatic rings. The molecule has 3 heterocycles. The molecule has 0 N–H and O–H groups in total. The Labute approximate surface area is 135 Å². The van der Waals surface area contributed by atoms with Gasteiger partial charge in [0.25, 0.3) is 0 Å². The smallest absolute Gasteiger partial charge is 0.233 e. The summed E-state index contributed by atoms with van der Waals surface area (Å²) in [6.07, 6.45) is 3.95. The fourth-order valence-corrected chi connectivity index (χ4v) is 2.88. The fourth-order valence-electron chi connectivity index (χ4n) is 2.88. The van der Waals surface area contributed by atoms with Crippen molar-refractivity contribution in [3.63, 3.8) is 0 Å². The minimum Gasteiger partial charge on any atom is -0.424 e. The Morgan fingerprint density at radius 3 is 2.91 bits per heavy atom. The molecule has 8 nitrogen and oxygen atoms in total. The number of likely N-dealkylation sites (tertiary alicyclic amines) is 1. The van der Waals surface area contributed by atoms with Crippen LogP contribution in [0.5, 0.6) is 0 Å². The SMILES string of the molecule is CCCCc1nc(CN2C[C@H](OC)C[C@@H]2c2nnc(C)o2)no1. The maximum absolute atomic E-state index is 5.60. The van der Waals surface area contributed by atoms with Crippen LogP contribution in [0.1, 0.15) is 55.7 Å². The molecule has 1 fully saturated rings. The second-order valence-corrected chi connectivity index (χ2v) is 5.91. The maximum atomic E-state index is 5.60. The molecular weight excluding hydrogens is 298 g/mol.